The number of sulfonamides is 1. The van der Waals surface area contributed by atoms with Crippen LogP contribution in [-0.4, -0.2) is 8.42 Å². The second kappa shape index (κ2) is 5.80. The van der Waals surface area contributed by atoms with E-state index in [4.69, 9.17) is 5.73 Å². The number of nitrogens with two attached hydrogens (primary N) is 1. The van der Waals surface area contributed by atoms with Crippen molar-refractivity contribution in [1.82, 2.24) is 0 Å². The van der Waals surface area contributed by atoms with Crippen molar-refractivity contribution in [3.63, 3.8) is 0 Å². The van der Waals surface area contributed by atoms with E-state index in [-0.39, 0.29) is 17.1 Å². The highest BCUT2D eigenvalue weighted by atomic mass is 79.9. The van der Waals surface area contributed by atoms with E-state index in [0.29, 0.717) is 9.35 Å². The Kier molecular flexibility index (Phi) is 4.48. The first-order valence-electron chi connectivity index (χ1n) is 5.60. The second-order valence-corrected chi connectivity index (χ2v) is 8.23. The van der Waals surface area contributed by atoms with Gasteiger partial charge in [-0.15, -0.1) is 11.3 Å². The lowest BCUT2D eigenvalue weighted by molar-refractivity contribution is 0.601. The first kappa shape index (κ1) is 15.4. The molecule has 0 aliphatic rings. The number of hydrogen-bond donors (Lipinski definition) is 2. The summed E-state index contributed by atoms with van der Waals surface area (Å²) in [5.41, 5.74) is 6.36. The zero-order chi connectivity index (χ0) is 14.9. The maximum atomic E-state index is 13.2. The number of hydrogen-bond acceptors (Lipinski definition) is 4. The maximum absolute atomic E-state index is 13.2. The predicted molar refractivity (Wildman–Crippen MR) is 81.9 cm³/mol. The molecule has 2 aromatic rings. The van der Waals surface area contributed by atoms with Crippen molar-refractivity contribution in [1.29, 1.82) is 0 Å². The van der Waals surface area contributed by atoms with Crippen molar-refractivity contribution in [2.24, 2.45) is 5.73 Å². The van der Waals surface area contributed by atoms with Gasteiger partial charge in [0.2, 0.25) is 0 Å². The van der Waals surface area contributed by atoms with Crippen LogP contribution in [0.25, 0.3) is 0 Å². The Labute approximate surface area is 129 Å². The topological polar surface area (TPSA) is 72.2 Å². The van der Waals surface area contributed by atoms with E-state index in [1.165, 1.54) is 29.5 Å². The Balaban J connectivity index is 2.40. The zero-order valence-corrected chi connectivity index (χ0v) is 13.7. The molecule has 3 N–H and O–H groups in total. The lowest BCUT2D eigenvalue weighted by Gasteiger charge is -2.10. The van der Waals surface area contributed by atoms with E-state index >= 15 is 0 Å². The van der Waals surface area contributed by atoms with Crippen LogP contribution >= 0.6 is 27.3 Å². The molecule has 0 bridgehead atoms. The third-order valence-corrected chi connectivity index (χ3v) is 6.28. The summed E-state index contributed by atoms with van der Waals surface area (Å²) in [6.07, 6.45) is 0. The average Bonchev–Trinajstić information content (AvgIpc) is 2.76. The molecular formula is C12H12BrFN2O2S2. The largest absolute Gasteiger partial charge is 0.326 e. The van der Waals surface area contributed by atoms with Gasteiger partial charge in [0.25, 0.3) is 10.0 Å². The minimum atomic E-state index is -3.78. The van der Waals surface area contributed by atoms with Crippen LogP contribution in [0.4, 0.5) is 10.1 Å². The van der Waals surface area contributed by atoms with Crippen molar-refractivity contribution in [2.75, 3.05) is 4.72 Å². The lowest BCUT2D eigenvalue weighted by Crippen LogP contribution is -2.13. The van der Waals surface area contributed by atoms with Gasteiger partial charge in [-0.2, -0.15) is 0 Å². The van der Waals surface area contributed by atoms with E-state index in [9.17, 15) is 12.8 Å². The standard InChI is InChI=1S/C12H12BrFN2O2S2/c1-7-2-3-8(14)4-10(7)16-20(17,18)11-5-9(6-15)19-12(11)13/h2-5,16H,6,15H2,1H3. The summed E-state index contributed by atoms with van der Waals surface area (Å²) in [7, 11) is -3.78. The van der Waals surface area contributed by atoms with Gasteiger partial charge >= 0.3 is 0 Å². The van der Waals surface area contributed by atoms with Crippen LogP contribution in [0.1, 0.15) is 10.4 Å². The fraction of sp³-hybridized carbons (Fsp3) is 0.167. The summed E-state index contributed by atoms with van der Waals surface area (Å²) in [5.74, 6) is -0.500. The molecule has 0 aliphatic carbocycles. The number of anilines is 1. The molecule has 0 atom stereocenters. The number of halogens is 2. The molecule has 1 heterocycles. The minimum Gasteiger partial charge on any atom is -0.326 e. The molecule has 0 spiro atoms. The van der Waals surface area contributed by atoms with Crippen LogP contribution in [0.5, 0.6) is 0 Å². The third-order valence-electron chi connectivity index (χ3n) is 2.64. The van der Waals surface area contributed by atoms with Gasteiger partial charge in [-0.25, -0.2) is 12.8 Å². The molecule has 2 rings (SSSR count). The number of rotatable bonds is 4. The molecule has 20 heavy (non-hydrogen) atoms. The highest BCUT2D eigenvalue weighted by Gasteiger charge is 2.21. The third kappa shape index (κ3) is 3.20. The molecule has 1 aromatic carbocycles. The van der Waals surface area contributed by atoms with Gasteiger partial charge in [0.15, 0.2) is 0 Å². The Bertz CT molecular complexity index is 744. The molecule has 0 saturated carbocycles. The zero-order valence-electron chi connectivity index (χ0n) is 10.5. The summed E-state index contributed by atoms with van der Waals surface area (Å²) < 4.78 is 40.7. The minimum absolute atomic E-state index is 0.103. The summed E-state index contributed by atoms with van der Waals surface area (Å²) >= 11 is 4.47. The molecule has 0 radical (unpaired) electrons. The number of aryl methyl sites for hydroxylation is 1. The molecule has 8 heteroatoms. The number of thiophene rings is 1. The highest BCUT2D eigenvalue weighted by molar-refractivity contribution is 9.11. The first-order valence-corrected chi connectivity index (χ1v) is 8.70. The smallest absolute Gasteiger partial charge is 0.263 e. The van der Waals surface area contributed by atoms with Gasteiger partial charge in [0.1, 0.15) is 10.7 Å². The van der Waals surface area contributed by atoms with Crippen LogP contribution in [0, 0.1) is 12.7 Å². The Morgan fingerprint density at radius 3 is 2.70 bits per heavy atom. The molecule has 0 aliphatic heterocycles. The van der Waals surface area contributed by atoms with Crippen molar-refractivity contribution < 1.29 is 12.8 Å². The van der Waals surface area contributed by atoms with E-state index in [1.807, 2.05) is 0 Å². The number of nitrogens with one attached hydrogen (secondary N) is 1. The molecule has 4 nitrogen and oxygen atoms in total. The maximum Gasteiger partial charge on any atom is 0.263 e. The first-order chi connectivity index (χ1) is 9.33. The van der Waals surface area contributed by atoms with E-state index in [1.54, 1.807) is 6.92 Å². The molecule has 0 amide bonds. The SMILES string of the molecule is Cc1ccc(F)cc1NS(=O)(=O)c1cc(CN)sc1Br. The van der Waals surface area contributed by atoms with Crippen LogP contribution in [0.15, 0.2) is 32.9 Å². The summed E-state index contributed by atoms with van der Waals surface area (Å²) in [6, 6.07) is 5.45. The van der Waals surface area contributed by atoms with E-state index in [2.05, 4.69) is 20.7 Å². The molecule has 1 aromatic heterocycles. The molecule has 108 valence electrons. The number of benzene rings is 1. The molecular weight excluding hydrogens is 367 g/mol. The highest BCUT2D eigenvalue weighted by Crippen LogP contribution is 2.33. The summed E-state index contributed by atoms with van der Waals surface area (Å²) in [6.45, 7) is 1.96. The van der Waals surface area contributed by atoms with Crippen LogP contribution in [-0.2, 0) is 16.6 Å². The van der Waals surface area contributed by atoms with Crippen LogP contribution < -0.4 is 10.5 Å². The predicted octanol–water partition coefficient (Wildman–Crippen LogP) is 3.22. The van der Waals surface area contributed by atoms with Crippen molar-refractivity contribution in [3.8, 4) is 0 Å². The van der Waals surface area contributed by atoms with Crippen molar-refractivity contribution >= 4 is 43.0 Å². The summed E-state index contributed by atoms with van der Waals surface area (Å²) in [4.78, 5) is 0.847. The molecule has 0 saturated heterocycles. The quantitative estimate of drug-likeness (QED) is 0.857. The Hall–Kier alpha value is -0.960. The van der Waals surface area contributed by atoms with Crippen molar-refractivity contribution in [2.45, 2.75) is 18.4 Å². The fourth-order valence-corrected chi connectivity index (χ4v) is 5.27. The second-order valence-electron chi connectivity index (χ2n) is 4.12. The Morgan fingerprint density at radius 1 is 1.40 bits per heavy atom. The molecule has 0 unspecified atom stereocenters. The molecule has 0 fully saturated rings. The van der Waals surface area contributed by atoms with Crippen molar-refractivity contribution in [3.05, 3.63) is 44.3 Å². The van der Waals surface area contributed by atoms with Gasteiger partial charge in [0, 0.05) is 11.4 Å². The van der Waals surface area contributed by atoms with Gasteiger partial charge in [0.05, 0.1) is 9.47 Å². The lowest BCUT2D eigenvalue weighted by atomic mass is 10.2. The fourth-order valence-electron chi connectivity index (χ4n) is 1.59. The van der Waals surface area contributed by atoms with Gasteiger partial charge in [-0.1, -0.05) is 6.07 Å². The van der Waals surface area contributed by atoms with Crippen LogP contribution in [0.2, 0.25) is 0 Å². The monoisotopic (exact) mass is 378 g/mol. The Morgan fingerprint density at radius 2 is 2.10 bits per heavy atom. The summed E-state index contributed by atoms with van der Waals surface area (Å²) in [5, 5.41) is 0. The van der Waals surface area contributed by atoms with Gasteiger partial charge in [-0.3, -0.25) is 4.72 Å². The van der Waals surface area contributed by atoms with Crippen LogP contribution in [0.3, 0.4) is 0 Å². The van der Waals surface area contributed by atoms with Gasteiger partial charge in [-0.05, 0) is 46.6 Å². The van der Waals surface area contributed by atoms with E-state index < -0.39 is 15.8 Å². The normalized spacial score (nSPS) is 11.6. The van der Waals surface area contributed by atoms with E-state index in [0.717, 1.165) is 10.9 Å². The van der Waals surface area contributed by atoms with Gasteiger partial charge < -0.3 is 5.73 Å². The average molecular weight is 379 g/mol.